The predicted octanol–water partition coefficient (Wildman–Crippen LogP) is 2.22. The van der Waals surface area contributed by atoms with E-state index < -0.39 is 0 Å². The van der Waals surface area contributed by atoms with Crippen LogP contribution in [-0.4, -0.2) is 48.8 Å². The molecule has 0 radical (unpaired) electrons. The van der Waals surface area contributed by atoms with Crippen LogP contribution in [0.3, 0.4) is 0 Å². The SMILES string of the molecule is CCN1CCOC(CNc2cc(Br)ccc2C(N)=S)C1. The summed E-state index contributed by atoms with van der Waals surface area (Å²) in [6.07, 6.45) is 0.196. The number of hydrogen-bond donors (Lipinski definition) is 2. The van der Waals surface area contributed by atoms with Crippen LogP contribution >= 0.6 is 28.1 Å². The Morgan fingerprint density at radius 2 is 2.40 bits per heavy atom. The van der Waals surface area contributed by atoms with E-state index in [1.54, 1.807) is 0 Å². The Balaban J connectivity index is 1.99. The van der Waals surface area contributed by atoms with Gasteiger partial charge in [0.25, 0.3) is 0 Å². The van der Waals surface area contributed by atoms with E-state index in [4.69, 9.17) is 22.7 Å². The van der Waals surface area contributed by atoms with Gasteiger partial charge in [-0.2, -0.15) is 0 Å². The zero-order valence-corrected chi connectivity index (χ0v) is 14.0. The molecule has 0 amide bonds. The van der Waals surface area contributed by atoms with Crippen molar-refractivity contribution in [2.75, 3.05) is 38.1 Å². The molecule has 0 aliphatic carbocycles. The number of thiocarbonyl (C=S) groups is 1. The van der Waals surface area contributed by atoms with Crippen molar-refractivity contribution in [1.29, 1.82) is 0 Å². The minimum Gasteiger partial charge on any atom is -0.389 e. The highest BCUT2D eigenvalue weighted by atomic mass is 79.9. The summed E-state index contributed by atoms with van der Waals surface area (Å²) in [4.78, 5) is 2.80. The number of anilines is 1. The average molecular weight is 358 g/mol. The molecule has 1 aliphatic heterocycles. The first kappa shape index (κ1) is 15.7. The summed E-state index contributed by atoms with van der Waals surface area (Å²) < 4.78 is 6.78. The average Bonchev–Trinajstić information content (AvgIpc) is 2.45. The lowest BCUT2D eigenvalue weighted by Gasteiger charge is -2.32. The van der Waals surface area contributed by atoms with Gasteiger partial charge in [-0.3, -0.25) is 4.90 Å². The van der Waals surface area contributed by atoms with Gasteiger partial charge in [0.2, 0.25) is 0 Å². The molecule has 110 valence electrons. The van der Waals surface area contributed by atoms with Crippen LogP contribution in [0.4, 0.5) is 5.69 Å². The van der Waals surface area contributed by atoms with Crippen molar-refractivity contribution >= 4 is 38.8 Å². The Morgan fingerprint density at radius 1 is 1.60 bits per heavy atom. The summed E-state index contributed by atoms with van der Waals surface area (Å²) >= 11 is 8.55. The number of ether oxygens (including phenoxy) is 1. The molecule has 0 saturated carbocycles. The maximum atomic E-state index is 5.78. The number of nitrogens with zero attached hydrogens (tertiary/aromatic N) is 1. The summed E-state index contributed by atoms with van der Waals surface area (Å²) in [6.45, 7) is 6.76. The minimum atomic E-state index is 0.196. The van der Waals surface area contributed by atoms with Gasteiger partial charge in [0.05, 0.1) is 12.7 Å². The minimum absolute atomic E-state index is 0.196. The number of likely N-dealkylation sites (N-methyl/N-ethyl adjacent to an activating group) is 1. The van der Waals surface area contributed by atoms with Crippen LogP contribution in [0.15, 0.2) is 22.7 Å². The van der Waals surface area contributed by atoms with Crippen LogP contribution in [0.2, 0.25) is 0 Å². The molecule has 2 rings (SSSR count). The maximum absolute atomic E-state index is 5.78. The summed E-state index contributed by atoms with van der Waals surface area (Å²) in [5.74, 6) is 0. The fourth-order valence-corrected chi connectivity index (χ4v) is 2.83. The maximum Gasteiger partial charge on any atom is 0.106 e. The summed E-state index contributed by atoms with van der Waals surface area (Å²) in [5.41, 5.74) is 7.57. The second-order valence-electron chi connectivity index (χ2n) is 4.82. The van der Waals surface area contributed by atoms with Gasteiger partial charge >= 0.3 is 0 Å². The fraction of sp³-hybridized carbons (Fsp3) is 0.500. The normalized spacial score (nSPS) is 19.8. The number of morpholine rings is 1. The van der Waals surface area contributed by atoms with E-state index in [2.05, 4.69) is 33.1 Å². The lowest BCUT2D eigenvalue weighted by Crippen LogP contribution is -2.45. The molecule has 20 heavy (non-hydrogen) atoms. The van der Waals surface area contributed by atoms with Crippen molar-refractivity contribution in [3.63, 3.8) is 0 Å². The van der Waals surface area contributed by atoms with Crippen LogP contribution in [0.25, 0.3) is 0 Å². The number of rotatable bonds is 5. The van der Waals surface area contributed by atoms with E-state index in [9.17, 15) is 0 Å². The van der Waals surface area contributed by atoms with Crippen LogP contribution in [-0.2, 0) is 4.74 Å². The number of halogens is 1. The van der Waals surface area contributed by atoms with Crippen LogP contribution < -0.4 is 11.1 Å². The number of nitrogens with one attached hydrogen (secondary N) is 1. The molecule has 1 heterocycles. The van der Waals surface area contributed by atoms with E-state index in [1.165, 1.54) is 0 Å². The van der Waals surface area contributed by atoms with Crippen LogP contribution in [0.5, 0.6) is 0 Å². The molecule has 1 aromatic rings. The molecule has 4 nitrogen and oxygen atoms in total. The zero-order chi connectivity index (χ0) is 14.5. The number of hydrogen-bond acceptors (Lipinski definition) is 4. The molecule has 6 heteroatoms. The molecule has 0 bridgehead atoms. The van der Waals surface area contributed by atoms with Gasteiger partial charge in [0, 0.05) is 35.4 Å². The lowest BCUT2D eigenvalue weighted by molar-refractivity contribution is -0.0191. The third-order valence-electron chi connectivity index (χ3n) is 3.44. The van der Waals surface area contributed by atoms with Gasteiger partial charge in [0.15, 0.2) is 0 Å². The lowest BCUT2D eigenvalue weighted by atomic mass is 10.1. The molecular weight excluding hydrogens is 338 g/mol. The highest BCUT2D eigenvalue weighted by Crippen LogP contribution is 2.22. The molecule has 1 fully saturated rings. The second-order valence-corrected chi connectivity index (χ2v) is 6.18. The molecule has 0 spiro atoms. The summed E-state index contributed by atoms with van der Waals surface area (Å²) in [5, 5.41) is 3.40. The molecule has 1 aliphatic rings. The Bertz CT molecular complexity index is 483. The van der Waals surface area contributed by atoms with Gasteiger partial charge in [-0.1, -0.05) is 35.1 Å². The van der Waals surface area contributed by atoms with E-state index in [0.29, 0.717) is 4.99 Å². The second kappa shape index (κ2) is 7.36. The number of benzene rings is 1. The highest BCUT2D eigenvalue weighted by molar-refractivity contribution is 9.10. The monoisotopic (exact) mass is 357 g/mol. The quantitative estimate of drug-likeness (QED) is 0.791. The van der Waals surface area contributed by atoms with Gasteiger partial charge in [0.1, 0.15) is 4.99 Å². The largest absolute Gasteiger partial charge is 0.389 e. The topological polar surface area (TPSA) is 50.5 Å². The number of nitrogens with two attached hydrogens (primary N) is 1. The van der Waals surface area contributed by atoms with Crippen molar-refractivity contribution in [1.82, 2.24) is 4.90 Å². The first-order chi connectivity index (χ1) is 9.60. The first-order valence-electron chi connectivity index (χ1n) is 6.77. The fourth-order valence-electron chi connectivity index (χ4n) is 2.29. The Morgan fingerprint density at radius 3 is 3.10 bits per heavy atom. The Kier molecular flexibility index (Phi) is 5.77. The highest BCUT2D eigenvalue weighted by Gasteiger charge is 2.19. The Hall–Kier alpha value is -0.690. The third-order valence-corrected chi connectivity index (χ3v) is 4.15. The zero-order valence-electron chi connectivity index (χ0n) is 11.6. The van der Waals surface area contributed by atoms with Gasteiger partial charge in [-0.25, -0.2) is 0 Å². The van der Waals surface area contributed by atoms with Crippen LogP contribution in [0, 0.1) is 0 Å². The molecule has 1 aromatic carbocycles. The Labute approximate surface area is 133 Å². The molecule has 1 unspecified atom stereocenters. The van der Waals surface area contributed by atoms with Crippen LogP contribution in [0.1, 0.15) is 12.5 Å². The van der Waals surface area contributed by atoms with E-state index in [0.717, 1.165) is 48.5 Å². The predicted molar refractivity (Wildman–Crippen MR) is 90.4 cm³/mol. The van der Waals surface area contributed by atoms with Crippen molar-refractivity contribution in [3.8, 4) is 0 Å². The summed E-state index contributed by atoms with van der Waals surface area (Å²) in [6, 6.07) is 5.86. The molecular formula is C14H20BrN3OS. The molecule has 0 aromatic heterocycles. The smallest absolute Gasteiger partial charge is 0.106 e. The van der Waals surface area contributed by atoms with Crippen molar-refractivity contribution in [2.45, 2.75) is 13.0 Å². The first-order valence-corrected chi connectivity index (χ1v) is 7.97. The molecule has 1 saturated heterocycles. The van der Waals surface area contributed by atoms with E-state index in [-0.39, 0.29) is 6.10 Å². The van der Waals surface area contributed by atoms with Gasteiger partial charge in [-0.05, 0) is 24.7 Å². The van der Waals surface area contributed by atoms with Gasteiger partial charge in [-0.15, -0.1) is 0 Å². The molecule has 1 atom stereocenters. The van der Waals surface area contributed by atoms with E-state index >= 15 is 0 Å². The molecule has 3 N–H and O–H groups in total. The van der Waals surface area contributed by atoms with E-state index in [1.807, 2.05) is 18.2 Å². The van der Waals surface area contributed by atoms with Gasteiger partial charge < -0.3 is 15.8 Å². The van der Waals surface area contributed by atoms with Crippen molar-refractivity contribution in [3.05, 3.63) is 28.2 Å². The van der Waals surface area contributed by atoms with Crippen molar-refractivity contribution in [2.24, 2.45) is 5.73 Å². The third kappa shape index (κ3) is 4.15. The standard InChI is InChI=1S/C14H20BrN3OS/c1-2-18-5-6-19-11(9-18)8-17-13-7-10(15)3-4-12(13)14(16)20/h3-4,7,11,17H,2,5-6,8-9H2,1H3,(H2,16,20). The van der Waals surface area contributed by atoms with Crippen molar-refractivity contribution < 1.29 is 4.74 Å². The summed E-state index contributed by atoms with van der Waals surface area (Å²) in [7, 11) is 0.